The third kappa shape index (κ3) is 3.75. The van der Waals surface area contributed by atoms with E-state index >= 15 is 4.39 Å². The molecule has 0 aliphatic heterocycles. The molecule has 0 unspecified atom stereocenters. The highest BCUT2D eigenvalue weighted by atomic mass is 19.1. The monoisotopic (exact) mass is 539 g/mol. The van der Waals surface area contributed by atoms with E-state index in [1.807, 2.05) is 100.0 Å². The molecule has 7 rings (SSSR count). The van der Waals surface area contributed by atoms with E-state index in [1.54, 1.807) is 6.20 Å². The molecule has 0 atom stereocenters. The molecule has 3 aromatic heterocycles. The number of hydrogen-bond acceptors (Lipinski definition) is 3. The lowest BCUT2D eigenvalue weighted by Crippen LogP contribution is -2.33. The maximum absolute atomic E-state index is 15.0. The number of furan rings is 2. The molecule has 200 valence electrons. The van der Waals surface area contributed by atoms with Crippen LogP contribution in [-0.4, -0.2) is 0 Å². The first kappa shape index (κ1) is 25.0. The fraction of sp³-hybridized carbons (Fsp3) is 0.167. The standard InChI is InChI=1S/C36H28FN2O2/c1-20-10-13-25-26-15-12-22(18-38)33(21-11-14-24-23-8-6-7-9-30(23)40-31(24)16-21)35(26)41-34(25)32(20)29-17-27(36(2,3)4)28(37)19-39(29)5/h6-17,19H,1-5H3/q+1. The van der Waals surface area contributed by atoms with Crippen molar-refractivity contribution in [3.63, 3.8) is 0 Å². The number of nitriles is 1. The van der Waals surface area contributed by atoms with Crippen LogP contribution >= 0.6 is 0 Å². The van der Waals surface area contributed by atoms with E-state index in [-0.39, 0.29) is 11.2 Å². The van der Waals surface area contributed by atoms with Crippen LogP contribution in [0.15, 0.2) is 87.8 Å². The fourth-order valence-corrected chi connectivity index (χ4v) is 6.02. The van der Waals surface area contributed by atoms with Crippen LogP contribution in [0.2, 0.25) is 0 Å². The molecule has 7 aromatic rings. The van der Waals surface area contributed by atoms with Crippen LogP contribution in [0.5, 0.6) is 0 Å². The number of benzene rings is 4. The Labute approximate surface area is 236 Å². The molecule has 4 aromatic carbocycles. The van der Waals surface area contributed by atoms with E-state index in [2.05, 4.69) is 18.2 Å². The molecule has 0 radical (unpaired) electrons. The summed E-state index contributed by atoms with van der Waals surface area (Å²) >= 11 is 0. The SMILES string of the molecule is Cc1ccc2c(oc3c(-c4ccc5c(c4)oc4ccccc45)c(C#N)ccc32)c1-c1cc(C(C)(C)C)c(F)c[n+]1C. The average Bonchev–Trinajstić information content (AvgIpc) is 3.50. The van der Waals surface area contributed by atoms with Gasteiger partial charge in [0.05, 0.1) is 17.2 Å². The second kappa shape index (κ2) is 8.78. The van der Waals surface area contributed by atoms with E-state index in [0.717, 1.165) is 60.7 Å². The van der Waals surface area contributed by atoms with Gasteiger partial charge < -0.3 is 8.83 Å². The van der Waals surface area contributed by atoms with Gasteiger partial charge in [0.15, 0.2) is 5.82 Å². The second-order valence-electron chi connectivity index (χ2n) is 11.8. The number of rotatable bonds is 2. The Morgan fingerprint density at radius 3 is 2.22 bits per heavy atom. The van der Waals surface area contributed by atoms with Gasteiger partial charge in [0, 0.05) is 38.7 Å². The Morgan fingerprint density at radius 2 is 1.46 bits per heavy atom. The molecular weight excluding hydrogens is 511 g/mol. The number of aryl methyl sites for hydroxylation is 2. The molecule has 0 aliphatic carbocycles. The summed E-state index contributed by atoms with van der Waals surface area (Å²) < 4.78 is 29.8. The zero-order chi connectivity index (χ0) is 28.6. The average molecular weight is 540 g/mol. The van der Waals surface area contributed by atoms with Gasteiger partial charge in [-0.2, -0.15) is 9.83 Å². The summed E-state index contributed by atoms with van der Waals surface area (Å²) in [7, 11) is 1.85. The van der Waals surface area contributed by atoms with E-state index in [9.17, 15) is 5.26 Å². The Morgan fingerprint density at radius 1 is 0.780 bits per heavy atom. The summed E-state index contributed by atoms with van der Waals surface area (Å²) in [5.41, 5.74) is 8.09. The van der Waals surface area contributed by atoms with Crippen LogP contribution in [0.3, 0.4) is 0 Å². The summed E-state index contributed by atoms with van der Waals surface area (Å²) in [5, 5.41) is 14.1. The lowest BCUT2D eigenvalue weighted by Gasteiger charge is -2.19. The molecule has 0 aliphatic rings. The Balaban J connectivity index is 1.53. The first-order valence-corrected chi connectivity index (χ1v) is 13.7. The van der Waals surface area contributed by atoms with Gasteiger partial charge >= 0.3 is 0 Å². The molecule has 41 heavy (non-hydrogen) atoms. The highest BCUT2D eigenvalue weighted by Crippen LogP contribution is 2.43. The lowest BCUT2D eigenvalue weighted by atomic mass is 9.86. The first-order valence-electron chi connectivity index (χ1n) is 13.7. The van der Waals surface area contributed by atoms with E-state index in [4.69, 9.17) is 8.83 Å². The van der Waals surface area contributed by atoms with Gasteiger partial charge in [-0.25, -0.2) is 4.39 Å². The van der Waals surface area contributed by atoms with Crippen LogP contribution in [0, 0.1) is 24.1 Å². The number of pyridine rings is 1. The van der Waals surface area contributed by atoms with Gasteiger partial charge in [0.25, 0.3) is 0 Å². The molecule has 0 amide bonds. The van der Waals surface area contributed by atoms with Gasteiger partial charge in [-0.3, -0.25) is 0 Å². The van der Waals surface area contributed by atoms with Gasteiger partial charge in [0.1, 0.15) is 29.4 Å². The topological polar surface area (TPSA) is 54.0 Å². The number of hydrogen-bond donors (Lipinski definition) is 0. The molecule has 0 saturated carbocycles. The molecule has 5 heteroatoms. The minimum absolute atomic E-state index is 0.236. The smallest absolute Gasteiger partial charge is 0.216 e. The Hall–Kier alpha value is -4.95. The molecule has 0 saturated heterocycles. The highest BCUT2D eigenvalue weighted by molar-refractivity contribution is 6.14. The van der Waals surface area contributed by atoms with E-state index in [1.165, 1.54) is 0 Å². The van der Waals surface area contributed by atoms with Crippen molar-refractivity contribution in [1.29, 1.82) is 5.26 Å². The van der Waals surface area contributed by atoms with Gasteiger partial charge in [-0.1, -0.05) is 57.2 Å². The Bertz CT molecular complexity index is 2240. The van der Waals surface area contributed by atoms with Crippen molar-refractivity contribution >= 4 is 43.9 Å². The molecule has 3 heterocycles. The third-order valence-corrected chi connectivity index (χ3v) is 8.10. The third-order valence-electron chi connectivity index (χ3n) is 8.10. The minimum atomic E-state index is -0.368. The molecule has 4 nitrogen and oxygen atoms in total. The maximum Gasteiger partial charge on any atom is 0.216 e. The number of aromatic nitrogens is 1. The van der Waals surface area contributed by atoms with Crippen LogP contribution < -0.4 is 4.57 Å². The molecule has 0 spiro atoms. The maximum atomic E-state index is 15.0. The number of halogens is 1. The zero-order valence-corrected chi connectivity index (χ0v) is 23.6. The quantitative estimate of drug-likeness (QED) is 0.206. The molecule has 0 bridgehead atoms. The summed E-state index contributed by atoms with van der Waals surface area (Å²) in [5.74, 6) is -0.236. The van der Waals surface area contributed by atoms with Crippen LogP contribution in [-0.2, 0) is 12.5 Å². The number of nitrogens with zero attached hydrogens (tertiary/aromatic N) is 2. The first-order chi connectivity index (χ1) is 19.7. The van der Waals surface area contributed by atoms with Crippen molar-refractivity contribution in [3.05, 3.63) is 102 Å². The van der Waals surface area contributed by atoms with E-state index in [0.29, 0.717) is 22.3 Å². The van der Waals surface area contributed by atoms with Crippen LogP contribution in [0.25, 0.3) is 66.3 Å². The molecular formula is C36H28FN2O2+. The largest absolute Gasteiger partial charge is 0.456 e. The summed E-state index contributed by atoms with van der Waals surface area (Å²) in [4.78, 5) is 0. The van der Waals surface area contributed by atoms with Crippen molar-refractivity contribution in [2.24, 2.45) is 7.05 Å². The Kier molecular flexibility index (Phi) is 5.36. The number of fused-ring (bicyclic) bond motifs is 6. The number of para-hydroxylation sites is 1. The lowest BCUT2D eigenvalue weighted by molar-refractivity contribution is -0.662. The predicted molar refractivity (Wildman–Crippen MR) is 161 cm³/mol. The van der Waals surface area contributed by atoms with Crippen LogP contribution in [0.4, 0.5) is 4.39 Å². The van der Waals surface area contributed by atoms with Crippen molar-refractivity contribution in [2.75, 3.05) is 0 Å². The van der Waals surface area contributed by atoms with E-state index < -0.39 is 0 Å². The van der Waals surface area contributed by atoms with Crippen molar-refractivity contribution < 1.29 is 17.8 Å². The van der Waals surface area contributed by atoms with Gasteiger partial charge in [-0.05, 0) is 53.8 Å². The minimum Gasteiger partial charge on any atom is -0.456 e. The van der Waals surface area contributed by atoms with Crippen molar-refractivity contribution in [2.45, 2.75) is 33.1 Å². The summed E-state index contributed by atoms with van der Waals surface area (Å²) in [6, 6.07) is 26.3. The highest BCUT2D eigenvalue weighted by Gasteiger charge is 2.28. The normalized spacial score (nSPS) is 12.1. The van der Waals surface area contributed by atoms with Gasteiger partial charge in [-0.15, -0.1) is 0 Å². The van der Waals surface area contributed by atoms with Gasteiger partial charge in [0.2, 0.25) is 11.9 Å². The fourth-order valence-electron chi connectivity index (χ4n) is 6.02. The summed E-state index contributed by atoms with van der Waals surface area (Å²) in [6.07, 6.45) is 1.54. The van der Waals surface area contributed by atoms with Crippen LogP contribution in [0.1, 0.15) is 37.5 Å². The molecule has 0 N–H and O–H groups in total. The zero-order valence-electron chi connectivity index (χ0n) is 23.6. The summed E-state index contributed by atoms with van der Waals surface area (Å²) in [6.45, 7) is 8.08. The predicted octanol–water partition coefficient (Wildman–Crippen LogP) is 9.26. The second-order valence-corrected chi connectivity index (χ2v) is 11.8. The van der Waals surface area contributed by atoms with Crippen molar-refractivity contribution in [1.82, 2.24) is 0 Å². The van der Waals surface area contributed by atoms with Crippen molar-refractivity contribution in [3.8, 4) is 28.5 Å². The molecule has 0 fully saturated rings.